The maximum Gasteiger partial charge on any atom is 0.232 e. The molecule has 2 heterocycles. The van der Waals surface area contributed by atoms with Gasteiger partial charge in [-0.15, -0.1) is 0 Å². The molecule has 0 radical (unpaired) electrons. The monoisotopic (exact) mass is 460 g/mol. The number of phenols is 1. The number of allylic oxidation sites excluding steroid dienone is 1. The van der Waals surface area contributed by atoms with Crippen molar-refractivity contribution in [2.24, 2.45) is 11.8 Å². The van der Waals surface area contributed by atoms with Gasteiger partial charge in [-0.25, -0.2) is 0 Å². The number of Topliss-reactive ketones (excluding diaryl/α,β-unsaturated/α-hetero) is 1. The standard InChI is InChI=1S/C29H36N2O3/c1-7-31-16-21(22-10-8-9-11-24(22)31)13-26-28(33)27-20(6)12-25(32)23(29(27)34-26)17-30(14-18(2)3)15-19(4)5/h8-13,16,18-19,32H,7,14-15,17H2,1-6H3/b26-13+. The van der Waals surface area contributed by atoms with Crippen molar-refractivity contribution in [3.63, 3.8) is 0 Å². The highest BCUT2D eigenvalue weighted by Gasteiger charge is 2.34. The number of ether oxygens (including phenoxy) is 1. The van der Waals surface area contributed by atoms with Gasteiger partial charge in [0, 0.05) is 48.8 Å². The number of hydrogen-bond donors (Lipinski definition) is 1. The predicted molar refractivity (Wildman–Crippen MR) is 138 cm³/mol. The number of hydrogen-bond acceptors (Lipinski definition) is 4. The number of nitrogens with zero attached hydrogens (tertiary/aromatic N) is 2. The summed E-state index contributed by atoms with van der Waals surface area (Å²) in [5, 5.41) is 12.0. The van der Waals surface area contributed by atoms with Crippen molar-refractivity contribution in [1.29, 1.82) is 0 Å². The molecule has 4 rings (SSSR count). The van der Waals surface area contributed by atoms with Crippen LogP contribution in [-0.4, -0.2) is 33.4 Å². The van der Waals surface area contributed by atoms with Crippen molar-refractivity contribution in [1.82, 2.24) is 9.47 Å². The fourth-order valence-corrected chi connectivity index (χ4v) is 4.99. The summed E-state index contributed by atoms with van der Waals surface area (Å²) in [5.41, 5.74) is 4.08. The molecule has 1 aliphatic rings. The summed E-state index contributed by atoms with van der Waals surface area (Å²) in [5.74, 6) is 1.86. The van der Waals surface area contributed by atoms with E-state index in [1.165, 1.54) is 0 Å². The van der Waals surface area contributed by atoms with Gasteiger partial charge in [0.05, 0.1) is 11.1 Å². The molecule has 0 spiro atoms. The molecule has 2 aromatic carbocycles. The number of benzene rings is 2. The molecule has 1 aliphatic heterocycles. The number of aromatic hydroxyl groups is 1. The minimum Gasteiger partial charge on any atom is -0.507 e. The van der Waals surface area contributed by atoms with Gasteiger partial charge in [0.1, 0.15) is 11.5 Å². The third-order valence-electron chi connectivity index (χ3n) is 6.30. The molecule has 5 heteroatoms. The maximum atomic E-state index is 13.4. The molecule has 34 heavy (non-hydrogen) atoms. The van der Waals surface area contributed by atoms with Gasteiger partial charge in [0.15, 0.2) is 5.76 Å². The van der Waals surface area contributed by atoms with E-state index >= 15 is 0 Å². The minimum atomic E-state index is -0.124. The number of para-hydroxylation sites is 1. The van der Waals surface area contributed by atoms with Gasteiger partial charge < -0.3 is 14.4 Å². The van der Waals surface area contributed by atoms with Crippen LogP contribution in [0.4, 0.5) is 0 Å². The van der Waals surface area contributed by atoms with Gasteiger partial charge in [-0.1, -0.05) is 45.9 Å². The molecule has 0 atom stereocenters. The summed E-state index contributed by atoms with van der Waals surface area (Å²) >= 11 is 0. The van der Waals surface area contributed by atoms with E-state index in [-0.39, 0.29) is 11.5 Å². The SMILES string of the molecule is CCn1cc(/C=C2/Oc3c(CN(CC(C)C)CC(C)C)c(O)cc(C)c3C2=O)c2ccccc21. The predicted octanol–water partition coefficient (Wildman–Crippen LogP) is 6.41. The fraction of sp³-hybridized carbons (Fsp3) is 0.414. The lowest BCUT2D eigenvalue weighted by molar-refractivity contribution is 0.101. The van der Waals surface area contributed by atoms with Gasteiger partial charge in [0.25, 0.3) is 0 Å². The van der Waals surface area contributed by atoms with Crippen LogP contribution in [0.3, 0.4) is 0 Å². The minimum absolute atomic E-state index is 0.124. The largest absolute Gasteiger partial charge is 0.507 e. The first kappa shape index (κ1) is 24.1. The first-order valence-electron chi connectivity index (χ1n) is 12.3. The van der Waals surface area contributed by atoms with E-state index in [2.05, 4.69) is 62.4 Å². The quantitative estimate of drug-likeness (QED) is 0.395. The van der Waals surface area contributed by atoms with Crippen LogP contribution in [0.1, 0.15) is 61.7 Å². The van der Waals surface area contributed by atoms with Gasteiger partial charge in [-0.2, -0.15) is 0 Å². The van der Waals surface area contributed by atoms with E-state index in [1.54, 1.807) is 6.07 Å². The molecule has 5 nitrogen and oxygen atoms in total. The van der Waals surface area contributed by atoms with E-state index in [0.717, 1.165) is 41.7 Å². The number of rotatable bonds is 8. The molecule has 0 bridgehead atoms. The Labute approximate surface area is 202 Å². The van der Waals surface area contributed by atoms with E-state index in [1.807, 2.05) is 25.1 Å². The molecule has 180 valence electrons. The smallest absolute Gasteiger partial charge is 0.232 e. The molecular formula is C29H36N2O3. The van der Waals surface area contributed by atoms with Gasteiger partial charge in [0.2, 0.25) is 5.78 Å². The number of phenolic OH excluding ortho intramolecular Hbond substituents is 1. The lowest BCUT2D eigenvalue weighted by Gasteiger charge is -2.27. The molecule has 0 aliphatic carbocycles. The zero-order chi connectivity index (χ0) is 24.6. The summed E-state index contributed by atoms with van der Waals surface area (Å²) in [6.45, 7) is 15.9. The van der Waals surface area contributed by atoms with Crippen LogP contribution in [0, 0.1) is 18.8 Å². The van der Waals surface area contributed by atoms with Crippen LogP contribution in [0.15, 0.2) is 42.3 Å². The van der Waals surface area contributed by atoms with E-state index in [4.69, 9.17) is 4.74 Å². The number of fused-ring (bicyclic) bond motifs is 2. The molecule has 1 N–H and O–H groups in total. The molecule has 0 unspecified atom stereocenters. The molecule has 0 amide bonds. The number of ketones is 1. The van der Waals surface area contributed by atoms with E-state index in [9.17, 15) is 9.90 Å². The summed E-state index contributed by atoms with van der Waals surface area (Å²) in [4.78, 5) is 15.8. The zero-order valence-electron chi connectivity index (χ0n) is 21.2. The topological polar surface area (TPSA) is 54.7 Å². The number of carbonyl (C=O) groups is 1. The van der Waals surface area contributed by atoms with Crippen molar-refractivity contribution >= 4 is 22.8 Å². The lowest BCUT2D eigenvalue weighted by Crippen LogP contribution is -2.31. The third kappa shape index (κ3) is 4.62. The second-order valence-electron chi connectivity index (χ2n) is 10.2. The Balaban J connectivity index is 1.75. The summed E-state index contributed by atoms with van der Waals surface area (Å²) in [6, 6.07) is 9.89. The Kier molecular flexibility index (Phi) is 6.85. The fourth-order valence-electron chi connectivity index (χ4n) is 4.99. The maximum absolute atomic E-state index is 13.4. The van der Waals surface area contributed by atoms with Crippen molar-refractivity contribution in [3.05, 3.63) is 64.5 Å². The van der Waals surface area contributed by atoms with Crippen LogP contribution in [0.2, 0.25) is 0 Å². The molecular weight excluding hydrogens is 424 g/mol. The Morgan fingerprint density at radius 1 is 1.12 bits per heavy atom. The van der Waals surface area contributed by atoms with Gasteiger partial charge in [-0.3, -0.25) is 9.69 Å². The Hall–Kier alpha value is -3.05. The number of aryl methyl sites for hydroxylation is 2. The molecule has 0 saturated heterocycles. The van der Waals surface area contributed by atoms with Crippen LogP contribution in [0.5, 0.6) is 11.5 Å². The highest BCUT2D eigenvalue weighted by atomic mass is 16.5. The summed E-state index contributed by atoms with van der Waals surface area (Å²) in [7, 11) is 0. The third-order valence-corrected chi connectivity index (χ3v) is 6.30. The highest BCUT2D eigenvalue weighted by Crippen LogP contribution is 2.42. The first-order chi connectivity index (χ1) is 16.2. The first-order valence-corrected chi connectivity index (χ1v) is 12.3. The van der Waals surface area contributed by atoms with Crippen LogP contribution in [-0.2, 0) is 13.1 Å². The van der Waals surface area contributed by atoms with Crippen molar-refractivity contribution < 1.29 is 14.6 Å². The van der Waals surface area contributed by atoms with E-state index in [0.29, 0.717) is 41.0 Å². The zero-order valence-corrected chi connectivity index (χ0v) is 21.2. The number of carbonyl (C=O) groups excluding carboxylic acids is 1. The van der Waals surface area contributed by atoms with Crippen LogP contribution < -0.4 is 4.74 Å². The Morgan fingerprint density at radius 2 is 1.79 bits per heavy atom. The second-order valence-corrected chi connectivity index (χ2v) is 10.2. The molecule has 1 aromatic heterocycles. The summed E-state index contributed by atoms with van der Waals surface area (Å²) < 4.78 is 8.41. The Bertz CT molecular complexity index is 1240. The second kappa shape index (κ2) is 9.67. The average molecular weight is 461 g/mol. The van der Waals surface area contributed by atoms with E-state index < -0.39 is 0 Å². The molecule has 0 saturated carbocycles. The van der Waals surface area contributed by atoms with Crippen molar-refractivity contribution in [3.8, 4) is 11.5 Å². The van der Waals surface area contributed by atoms with Crippen LogP contribution >= 0.6 is 0 Å². The number of aromatic nitrogens is 1. The van der Waals surface area contributed by atoms with Crippen molar-refractivity contribution in [2.45, 2.75) is 54.6 Å². The molecule has 0 fully saturated rings. The normalized spacial score (nSPS) is 14.7. The Morgan fingerprint density at radius 3 is 2.44 bits per heavy atom. The van der Waals surface area contributed by atoms with Crippen LogP contribution in [0.25, 0.3) is 17.0 Å². The lowest BCUT2D eigenvalue weighted by atomic mass is 9.98. The van der Waals surface area contributed by atoms with Crippen molar-refractivity contribution in [2.75, 3.05) is 13.1 Å². The highest BCUT2D eigenvalue weighted by molar-refractivity contribution is 6.16. The molecule has 3 aromatic rings. The summed E-state index contributed by atoms with van der Waals surface area (Å²) in [6.07, 6.45) is 3.91. The van der Waals surface area contributed by atoms with Gasteiger partial charge in [-0.05, 0) is 49.5 Å². The van der Waals surface area contributed by atoms with Gasteiger partial charge >= 0.3 is 0 Å². The average Bonchev–Trinajstić information content (AvgIpc) is 3.28.